The molecule has 4 rings (SSSR count). The SMILES string of the molecule is O=C(O)N1CCCCC1.c1ccc(P(c2ccccc2)c2ccccc2)cc1. The van der Waals surface area contributed by atoms with Gasteiger partial charge in [0.1, 0.15) is 0 Å². The summed E-state index contributed by atoms with van der Waals surface area (Å²) < 4.78 is 0. The van der Waals surface area contributed by atoms with Gasteiger partial charge < -0.3 is 10.0 Å². The summed E-state index contributed by atoms with van der Waals surface area (Å²) in [5, 5.41) is 12.7. The fourth-order valence-electron chi connectivity index (χ4n) is 3.26. The first-order valence-corrected chi connectivity index (χ1v) is 11.0. The van der Waals surface area contributed by atoms with E-state index in [-0.39, 0.29) is 0 Å². The summed E-state index contributed by atoms with van der Waals surface area (Å²) in [5.41, 5.74) is 0. The van der Waals surface area contributed by atoms with Gasteiger partial charge in [0.25, 0.3) is 0 Å². The van der Waals surface area contributed by atoms with E-state index in [1.54, 1.807) is 0 Å². The molecule has 1 amide bonds. The Labute approximate surface area is 168 Å². The minimum atomic E-state index is -0.769. The second-order valence-electron chi connectivity index (χ2n) is 6.67. The van der Waals surface area contributed by atoms with Gasteiger partial charge >= 0.3 is 6.09 Å². The van der Waals surface area contributed by atoms with E-state index in [1.807, 2.05) is 0 Å². The van der Waals surface area contributed by atoms with Crippen LogP contribution in [0.4, 0.5) is 4.79 Å². The lowest BCUT2D eigenvalue weighted by Gasteiger charge is -2.22. The van der Waals surface area contributed by atoms with Crippen molar-refractivity contribution in [3.63, 3.8) is 0 Å². The molecule has 0 aliphatic carbocycles. The maximum atomic E-state index is 10.3. The number of hydrogen-bond donors (Lipinski definition) is 1. The molecule has 3 nitrogen and oxygen atoms in total. The smallest absolute Gasteiger partial charge is 0.407 e. The molecule has 4 heteroatoms. The van der Waals surface area contributed by atoms with Crippen molar-refractivity contribution in [2.75, 3.05) is 13.1 Å². The second-order valence-corrected chi connectivity index (χ2v) is 8.89. The summed E-state index contributed by atoms with van der Waals surface area (Å²) in [6.45, 7) is 1.46. The summed E-state index contributed by atoms with van der Waals surface area (Å²) in [7, 11) is -0.446. The number of nitrogens with zero attached hydrogens (tertiary/aromatic N) is 1. The Morgan fingerprint density at radius 3 is 1.29 bits per heavy atom. The van der Waals surface area contributed by atoms with Crippen molar-refractivity contribution in [1.29, 1.82) is 0 Å². The summed E-state index contributed by atoms with van der Waals surface area (Å²) in [5.74, 6) is 0. The van der Waals surface area contributed by atoms with Crippen LogP contribution in [-0.2, 0) is 0 Å². The number of amides is 1. The molecule has 0 unspecified atom stereocenters. The lowest BCUT2D eigenvalue weighted by atomic mass is 10.1. The third-order valence-electron chi connectivity index (χ3n) is 4.67. The van der Waals surface area contributed by atoms with Crippen LogP contribution in [0.25, 0.3) is 0 Å². The molecule has 1 heterocycles. The van der Waals surface area contributed by atoms with Crippen LogP contribution in [0.1, 0.15) is 19.3 Å². The van der Waals surface area contributed by atoms with Crippen molar-refractivity contribution in [3.8, 4) is 0 Å². The van der Waals surface area contributed by atoms with Gasteiger partial charge in [0.2, 0.25) is 0 Å². The van der Waals surface area contributed by atoms with Crippen LogP contribution >= 0.6 is 7.92 Å². The standard InChI is InChI=1S/C18H15P.C6H11NO2/c1-4-10-16(11-5-1)19(17-12-6-2-7-13-17)18-14-8-3-9-15-18;8-6(9)7-4-2-1-3-5-7/h1-15H;1-5H2,(H,8,9). The molecular formula is C24H26NO2P. The number of benzene rings is 3. The minimum absolute atomic E-state index is 0.446. The number of carbonyl (C=O) groups is 1. The molecule has 1 N–H and O–H groups in total. The Kier molecular flexibility index (Phi) is 7.63. The molecule has 1 fully saturated rings. The van der Waals surface area contributed by atoms with E-state index >= 15 is 0 Å². The van der Waals surface area contributed by atoms with E-state index in [2.05, 4.69) is 91.0 Å². The van der Waals surface area contributed by atoms with Crippen LogP contribution in [0.15, 0.2) is 91.0 Å². The van der Waals surface area contributed by atoms with Gasteiger partial charge in [-0.15, -0.1) is 0 Å². The van der Waals surface area contributed by atoms with Crippen molar-refractivity contribution in [3.05, 3.63) is 91.0 Å². The van der Waals surface area contributed by atoms with Crippen LogP contribution < -0.4 is 15.9 Å². The van der Waals surface area contributed by atoms with Crippen LogP contribution in [-0.4, -0.2) is 29.2 Å². The molecule has 3 aromatic carbocycles. The second kappa shape index (κ2) is 10.6. The molecule has 0 radical (unpaired) electrons. The topological polar surface area (TPSA) is 40.5 Å². The van der Waals surface area contributed by atoms with E-state index in [1.165, 1.54) is 27.2 Å². The van der Waals surface area contributed by atoms with E-state index < -0.39 is 14.0 Å². The van der Waals surface area contributed by atoms with Gasteiger partial charge in [0.05, 0.1) is 0 Å². The molecule has 28 heavy (non-hydrogen) atoms. The lowest BCUT2D eigenvalue weighted by molar-refractivity contribution is 0.136. The van der Waals surface area contributed by atoms with Gasteiger partial charge in [-0.1, -0.05) is 91.0 Å². The first kappa shape index (κ1) is 20.1. The highest BCUT2D eigenvalue weighted by Crippen LogP contribution is 2.32. The highest BCUT2D eigenvalue weighted by atomic mass is 31.1. The molecule has 144 valence electrons. The maximum absolute atomic E-state index is 10.3. The normalized spacial score (nSPS) is 13.5. The van der Waals surface area contributed by atoms with Crippen molar-refractivity contribution in [1.82, 2.24) is 4.90 Å². The monoisotopic (exact) mass is 391 g/mol. The first-order chi connectivity index (χ1) is 13.8. The van der Waals surface area contributed by atoms with Gasteiger partial charge in [-0.05, 0) is 43.1 Å². The maximum Gasteiger partial charge on any atom is 0.407 e. The predicted octanol–water partition coefficient (Wildman–Crippen LogP) is 4.60. The summed E-state index contributed by atoms with van der Waals surface area (Å²) >= 11 is 0. The van der Waals surface area contributed by atoms with Gasteiger partial charge in [0, 0.05) is 13.1 Å². The van der Waals surface area contributed by atoms with Crippen molar-refractivity contribution in [2.24, 2.45) is 0 Å². The molecular weight excluding hydrogens is 365 g/mol. The average Bonchev–Trinajstić information content (AvgIpc) is 2.77. The van der Waals surface area contributed by atoms with Crippen molar-refractivity contribution < 1.29 is 9.90 Å². The zero-order valence-corrected chi connectivity index (χ0v) is 16.8. The Bertz CT molecular complexity index is 740. The first-order valence-electron chi connectivity index (χ1n) is 9.69. The summed E-state index contributed by atoms with van der Waals surface area (Å²) in [4.78, 5) is 11.8. The lowest BCUT2D eigenvalue weighted by Crippen LogP contribution is -2.34. The molecule has 0 spiro atoms. The molecule has 3 aromatic rings. The van der Waals surface area contributed by atoms with Crippen molar-refractivity contribution >= 4 is 29.9 Å². The zero-order valence-electron chi connectivity index (χ0n) is 15.9. The number of rotatable bonds is 3. The third kappa shape index (κ3) is 5.68. The van der Waals surface area contributed by atoms with E-state index in [4.69, 9.17) is 5.11 Å². The number of carboxylic acid groups (broad SMARTS) is 1. The Morgan fingerprint density at radius 1 is 0.643 bits per heavy atom. The Balaban J connectivity index is 0.000000211. The van der Waals surface area contributed by atoms with Crippen LogP contribution in [0.3, 0.4) is 0 Å². The molecule has 0 saturated carbocycles. The summed E-state index contributed by atoms with van der Waals surface area (Å²) in [6.07, 6.45) is 2.48. The molecule has 1 aliphatic rings. The largest absolute Gasteiger partial charge is 0.465 e. The highest BCUT2D eigenvalue weighted by Gasteiger charge is 2.15. The Morgan fingerprint density at radius 2 is 1.00 bits per heavy atom. The minimum Gasteiger partial charge on any atom is -0.465 e. The average molecular weight is 391 g/mol. The Hall–Kier alpha value is -2.64. The van der Waals surface area contributed by atoms with Crippen LogP contribution in [0.2, 0.25) is 0 Å². The predicted molar refractivity (Wildman–Crippen MR) is 119 cm³/mol. The van der Waals surface area contributed by atoms with E-state index in [0.29, 0.717) is 0 Å². The van der Waals surface area contributed by atoms with Crippen LogP contribution in [0, 0.1) is 0 Å². The molecule has 0 bridgehead atoms. The quantitative estimate of drug-likeness (QED) is 0.663. The zero-order chi connectivity index (χ0) is 19.6. The van der Waals surface area contributed by atoms with Gasteiger partial charge in [-0.25, -0.2) is 4.79 Å². The van der Waals surface area contributed by atoms with Gasteiger partial charge in [-0.2, -0.15) is 0 Å². The number of piperidine rings is 1. The van der Waals surface area contributed by atoms with Gasteiger partial charge in [0.15, 0.2) is 0 Å². The van der Waals surface area contributed by atoms with E-state index in [0.717, 1.165) is 25.9 Å². The summed E-state index contributed by atoms with van der Waals surface area (Å²) in [6, 6.07) is 32.3. The fraction of sp³-hybridized carbons (Fsp3) is 0.208. The van der Waals surface area contributed by atoms with Gasteiger partial charge in [-0.3, -0.25) is 0 Å². The number of likely N-dealkylation sites (tertiary alicyclic amines) is 1. The highest BCUT2D eigenvalue weighted by molar-refractivity contribution is 7.79. The van der Waals surface area contributed by atoms with Crippen LogP contribution in [0.5, 0.6) is 0 Å². The molecule has 0 aromatic heterocycles. The van der Waals surface area contributed by atoms with Crippen molar-refractivity contribution in [2.45, 2.75) is 19.3 Å². The molecule has 1 aliphatic heterocycles. The fourth-order valence-corrected chi connectivity index (χ4v) is 5.57. The third-order valence-corrected chi connectivity index (χ3v) is 7.11. The molecule has 0 atom stereocenters. The number of hydrogen-bond acceptors (Lipinski definition) is 1. The van der Waals surface area contributed by atoms with E-state index in [9.17, 15) is 4.79 Å². The molecule has 1 saturated heterocycles.